The van der Waals surface area contributed by atoms with E-state index in [1.807, 2.05) is 6.92 Å². The highest BCUT2D eigenvalue weighted by Gasteiger charge is 2.30. The maximum absolute atomic E-state index is 3.39. The van der Waals surface area contributed by atoms with Crippen molar-refractivity contribution >= 4 is 0 Å². The molecule has 0 aromatic carbocycles. The highest BCUT2D eigenvalue weighted by atomic mass is 14.3. The van der Waals surface area contributed by atoms with Gasteiger partial charge in [-0.05, 0) is 83.0 Å². The van der Waals surface area contributed by atoms with E-state index in [2.05, 4.69) is 30.9 Å². The van der Waals surface area contributed by atoms with Gasteiger partial charge in [0.05, 0.1) is 0 Å². The van der Waals surface area contributed by atoms with Crippen molar-refractivity contribution in [1.29, 1.82) is 0 Å². The van der Waals surface area contributed by atoms with Gasteiger partial charge < -0.3 is 0 Å². The zero-order valence-electron chi connectivity index (χ0n) is 13.5. The minimum atomic E-state index is 0.716. The van der Waals surface area contributed by atoms with E-state index in [1.165, 1.54) is 64.2 Å². The Morgan fingerprint density at radius 3 is 2.05 bits per heavy atom. The minimum Gasteiger partial charge on any atom is -0.106 e. The Hall–Kier alpha value is -0.700. The molecule has 0 bridgehead atoms. The molecular weight excluding hydrogens is 240 g/mol. The Labute approximate surface area is 126 Å². The van der Waals surface area contributed by atoms with Crippen LogP contribution in [0.15, 0.2) is 12.2 Å². The lowest BCUT2D eigenvalue weighted by Crippen LogP contribution is -2.25. The van der Waals surface area contributed by atoms with Crippen LogP contribution < -0.4 is 0 Å². The average Bonchev–Trinajstić information content (AvgIpc) is 2.49. The molecule has 0 nitrogen and oxygen atoms in total. The van der Waals surface area contributed by atoms with Crippen molar-refractivity contribution in [2.45, 2.75) is 78.1 Å². The van der Waals surface area contributed by atoms with Gasteiger partial charge in [0, 0.05) is 5.92 Å². The van der Waals surface area contributed by atoms with Crippen LogP contribution in [0.2, 0.25) is 0 Å². The molecule has 0 radical (unpaired) electrons. The van der Waals surface area contributed by atoms with E-state index < -0.39 is 0 Å². The predicted molar refractivity (Wildman–Crippen MR) is 88.4 cm³/mol. The van der Waals surface area contributed by atoms with Gasteiger partial charge in [-0.15, -0.1) is 11.8 Å². The van der Waals surface area contributed by atoms with Gasteiger partial charge in [0.15, 0.2) is 0 Å². The predicted octanol–water partition coefficient (Wildman–Crippen LogP) is 5.98. The van der Waals surface area contributed by atoms with Crippen LogP contribution in [0.5, 0.6) is 0 Å². The van der Waals surface area contributed by atoms with Crippen molar-refractivity contribution in [2.75, 3.05) is 0 Å². The molecule has 2 fully saturated rings. The average molecular weight is 272 g/mol. The molecule has 2 aliphatic carbocycles. The molecule has 0 aromatic heterocycles. The molecule has 2 saturated carbocycles. The summed E-state index contributed by atoms with van der Waals surface area (Å²) in [7, 11) is 0. The summed E-state index contributed by atoms with van der Waals surface area (Å²) in [6.45, 7) is 4.12. The molecule has 0 heteroatoms. The summed E-state index contributed by atoms with van der Waals surface area (Å²) in [6, 6.07) is 0. The fourth-order valence-corrected chi connectivity index (χ4v) is 4.39. The quantitative estimate of drug-likeness (QED) is 0.436. The molecule has 20 heavy (non-hydrogen) atoms. The van der Waals surface area contributed by atoms with Crippen LogP contribution in [0, 0.1) is 35.5 Å². The van der Waals surface area contributed by atoms with Crippen LogP contribution in [-0.4, -0.2) is 0 Å². The Morgan fingerprint density at radius 1 is 0.900 bits per heavy atom. The summed E-state index contributed by atoms with van der Waals surface area (Å²) in [5.41, 5.74) is 0. The second-order valence-corrected chi connectivity index (χ2v) is 6.93. The van der Waals surface area contributed by atoms with Crippen LogP contribution in [0.1, 0.15) is 78.1 Å². The van der Waals surface area contributed by atoms with Gasteiger partial charge in [-0.1, -0.05) is 25.0 Å². The summed E-state index contributed by atoms with van der Waals surface area (Å²) in [6.07, 6.45) is 18.9. The number of hydrogen-bond donors (Lipinski definition) is 0. The van der Waals surface area contributed by atoms with Crippen LogP contribution in [0.4, 0.5) is 0 Å². The Kier molecular flexibility index (Phi) is 6.71. The highest BCUT2D eigenvalue weighted by Crippen LogP contribution is 2.42. The maximum atomic E-state index is 3.39. The molecule has 0 saturated heterocycles. The van der Waals surface area contributed by atoms with Gasteiger partial charge in [0.25, 0.3) is 0 Å². The van der Waals surface area contributed by atoms with E-state index in [-0.39, 0.29) is 0 Å². The van der Waals surface area contributed by atoms with Crippen molar-refractivity contribution in [3.8, 4) is 11.8 Å². The lowest BCUT2D eigenvalue weighted by atomic mass is 9.69. The molecule has 2 aliphatic rings. The number of hydrogen-bond acceptors (Lipinski definition) is 0. The molecule has 0 N–H and O–H groups in total. The van der Waals surface area contributed by atoms with E-state index in [4.69, 9.17) is 0 Å². The van der Waals surface area contributed by atoms with Gasteiger partial charge in [-0.25, -0.2) is 0 Å². The largest absolute Gasteiger partial charge is 0.106 e. The van der Waals surface area contributed by atoms with Crippen molar-refractivity contribution in [1.82, 2.24) is 0 Å². The second kappa shape index (κ2) is 8.56. The van der Waals surface area contributed by atoms with E-state index in [9.17, 15) is 0 Å². The molecule has 0 aliphatic heterocycles. The number of rotatable bonds is 4. The third-order valence-electron chi connectivity index (χ3n) is 5.66. The Morgan fingerprint density at radius 2 is 1.50 bits per heavy atom. The smallest absolute Gasteiger partial charge is 0.0203 e. The summed E-state index contributed by atoms with van der Waals surface area (Å²) in [5.74, 6) is 10.3. The lowest BCUT2D eigenvalue weighted by Gasteiger charge is -2.37. The van der Waals surface area contributed by atoms with Crippen molar-refractivity contribution < 1.29 is 0 Å². The molecule has 112 valence electrons. The SMILES string of the molecule is CC#CC1CCC(C2CCC(CC/C=C/C)CC2)CC1. The Bertz CT molecular complexity index is 338. The third kappa shape index (κ3) is 4.69. The minimum absolute atomic E-state index is 0.716. The summed E-state index contributed by atoms with van der Waals surface area (Å²) >= 11 is 0. The Balaban J connectivity index is 1.67. The van der Waals surface area contributed by atoms with Crippen LogP contribution in [0.25, 0.3) is 0 Å². The highest BCUT2D eigenvalue weighted by molar-refractivity contribution is 5.02. The molecular formula is C20H32. The first-order valence-electron chi connectivity index (χ1n) is 8.87. The van der Waals surface area contributed by atoms with Crippen LogP contribution in [-0.2, 0) is 0 Å². The maximum Gasteiger partial charge on any atom is 0.0203 e. The monoisotopic (exact) mass is 272 g/mol. The van der Waals surface area contributed by atoms with E-state index >= 15 is 0 Å². The standard InChI is InChI=1S/C20H32/c1-3-5-6-8-18-11-15-20(16-12-18)19-13-9-17(7-4-2)10-14-19/h3,5,17-20H,6,8-16H2,1-2H3/b5-3+. The van der Waals surface area contributed by atoms with Gasteiger partial charge in [-0.2, -0.15) is 0 Å². The van der Waals surface area contributed by atoms with Gasteiger partial charge in [0.2, 0.25) is 0 Å². The normalized spacial score (nSPS) is 34.7. The molecule has 0 unspecified atom stereocenters. The van der Waals surface area contributed by atoms with Crippen molar-refractivity contribution in [3.63, 3.8) is 0 Å². The van der Waals surface area contributed by atoms with Crippen LogP contribution >= 0.6 is 0 Å². The summed E-state index contributed by atoms with van der Waals surface area (Å²) in [4.78, 5) is 0. The van der Waals surface area contributed by atoms with E-state index in [0.717, 1.165) is 17.8 Å². The fraction of sp³-hybridized carbons (Fsp3) is 0.800. The summed E-state index contributed by atoms with van der Waals surface area (Å²) in [5, 5.41) is 0. The van der Waals surface area contributed by atoms with E-state index in [0.29, 0.717) is 5.92 Å². The molecule has 2 rings (SSSR count). The molecule has 0 spiro atoms. The van der Waals surface area contributed by atoms with Gasteiger partial charge in [-0.3, -0.25) is 0 Å². The molecule has 0 aromatic rings. The molecule has 0 amide bonds. The molecule has 0 atom stereocenters. The second-order valence-electron chi connectivity index (χ2n) is 6.93. The van der Waals surface area contributed by atoms with Gasteiger partial charge >= 0.3 is 0 Å². The first-order chi connectivity index (χ1) is 9.83. The molecule has 0 heterocycles. The summed E-state index contributed by atoms with van der Waals surface area (Å²) < 4.78 is 0. The zero-order valence-corrected chi connectivity index (χ0v) is 13.5. The van der Waals surface area contributed by atoms with Crippen molar-refractivity contribution in [3.05, 3.63) is 12.2 Å². The van der Waals surface area contributed by atoms with Crippen molar-refractivity contribution in [2.24, 2.45) is 23.7 Å². The topological polar surface area (TPSA) is 0 Å². The zero-order chi connectivity index (χ0) is 14.2. The van der Waals surface area contributed by atoms with Gasteiger partial charge in [0.1, 0.15) is 0 Å². The third-order valence-corrected chi connectivity index (χ3v) is 5.66. The first-order valence-corrected chi connectivity index (χ1v) is 8.87. The number of allylic oxidation sites excluding steroid dienone is 2. The van der Waals surface area contributed by atoms with E-state index in [1.54, 1.807) is 0 Å². The lowest BCUT2D eigenvalue weighted by molar-refractivity contribution is 0.154. The van der Waals surface area contributed by atoms with Crippen LogP contribution in [0.3, 0.4) is 0 Å². The first kappa shape index (κ1) is 15.7. The fourth-order valence-electron chi connectivity index (χ4n) is 4.39.